The SMILES string of the molecule is CC(=O)C(=N)N(C(=N)c1cc(C(C)C)c(O)cc1O)c1ccc(CN2CCN(c3cccc(Sc4ncc(N5CCC(C)(N)CC5)nc4N)c3Cl)CC2)cc1. The molecule has 55 heavy (non-hydrogen) atoms. The van der Waals surface area contributed by atoms with Gasteiger partial charge in [-0.25, -0.2) is 9.97 Å². The molecular weight excluding hydrogens is 736 g/mol. The number of rotatable bonds is 10. The van der Waals surface area contributed by atoms with Crippen LogP contribution in [0, 0.1) is 10.8 Å². The first-order valence-electron chi connectivity index (χ1n) is 18.3. The summed E-state index contributed by atoms with van der Waals surface area (Å²) in [5, 5.41) is 39.7. The second-order valence-electron chi connectivity index (χ2n) is 14.9. The van der Waals surface area contributed by atoms with Crippen molar-refractivity contribution in [2.75, 3.05) is 59.7 Å². The lowest BCUT2D eigenvalue weighted by molar-refractivity contribution is -0.111. The van der Waals surface area contributed by atoms with Gasteiger partial charge in [0.15, 0.2) is 17.4 Å². The van der Waals surface area contributed by atoms with Crippen LogP contribution >= 0.6 is 23.4 Å². The third-order valence-corrected chi connectivity index (χ3v) is 11.8. The van der Waals surface area contributed by atoms with Crippen molar-refractivity contribution in [3.8, 4) is 11.5 Å². The highest BCUT2D eigenvalue weighted by Gasteiger charge is 2.28. The largest absolute Gasteiger partial charge is 0.508 e. The topological polar surface area (TPSA) is 196 Å². The number of ketones is 1. The van der Waals surface area contributed by atoms with Crippen LogP contribution in [0.3, 0.4) is 0 Å². The first kappa shape index (κ1) is 39.8. The number of aromatic nitrogens is 2. The number of carbonyl (C=O) groups is 1. The highest BCUT2D eigenvalue weighted by Crippen LogP contribution is 2.40. The lowest BCUT2D eigenvalue weighted by atomic mass is 9.91. The molecule has 2 aliphatic rings. The highest BCUT2D eigenvalue weighted by molar-refractivity contribution is 7.99. The second-order valence-corrected chi connectivity index (χ2v) is 16.3. The Balaban J connectivity index is 1.09. The molecule has 15 heteroatoms. The van der Waals surface area contributed by atoms with Gasteiger partial charge in [0.1, 0.15) is 28.2 Å². The monoisotopic (exact) mass is 784 g/mol. The van der Waals surface area contributed by atoms with Gasteiger partial charge in [-0.2, -0.15) is 0 Å². The fraction of sp³-hybridized carbons (Fsp3) is 0.375. The number of benzene rings is 3. The average Bonchev–Trinajstić information content (AvgIpc) is 3.14. The number of nitrogens with two attached hydrogens (primary N) is 2. The van der Waals surface area contributed by atoms with E-state index in [1.54, 1.807) is 18.3 Å². The van der Waals surface area contributed by atoms with E-state index in [0.717, 1.165) is 74.1 Å². The number of anilines is 4. The van der Waals surface area contributed by atoms with Gasteiger partial charge in [0.05, 0.1) is 22.5 Å². The van der Waals surface area contributed by atoms with E-state index in [9.17, 15) is 15.0 Å². The molecule has 4 aromatic rings. The van der Waals surface area contributed by atoms with Crippen LogP contribution in [-0.2, 0) is 11.3 Å². The van der Waals surface area contributed by atoms with Crippen LogP contribution in [0.2, 0.25) is 5.02 Å². The molecule has 1 aromatic heterocycles. The van der Waals surface area contributed by atoms with Crippen molar-refractivity contribution in [2.45, 2.75) is 68.5 Å². The molecule has 0 spiro atoms. The van der Waals surface area contributed by atoms with Gasteiger partial charge in [-0.15, -0.1) is 0 Å². The first-order chi connectivity index (χ1) is 26.1. The zero-order valence-electron chi connectivity index (χ0n) is 31.6. The number of hydrogen-bond acceptors (Lipinski definition) is 13. The summed E-state index contributed by atoms with van der Waals surface area (Å²) in [7, 11) is 0. The summed E-state index contributed by atoms with van der Waals surface area (Å²) in [6.07, 6.45) is 3.53. The number of piperazine rings is 1. The summed E-state index contributed by atoms with van der Waals surface area (Å²) in [5.41, 5.74) is 15.6. The Morgan fingerprint density at radius 2 is 1.67 bits per heavy atom. The fourth-order valence-electron chi connectivity index (χ4n) is 6.84. The molecule has 2 fully saturated rings. The average molecular weight is 785 g/mol. The summed E-state index contributed by atoms with van der Waals surface area (Å²) in [4.78, 5) is 30.6. The Labute approximate surface area is 331 Å². The number of nitrogens with one attached hydrogen (secondary N) is 2. The maximum absolute atomic E-state index is 12.4. The Bertz CT molecular complexity index is 2080. The van der Waals surface area contributed by atoms with Crippen LogP contribution in [-0.4, -0.2) is 87.3 Å². The summed E-state index contributed by atoms with van der Waals surface area (Å²) in [5.74, 6) is -0.518. The van der Waals surface area contributed by atoms with Crippen molar-refractivity contribution in [3.63, 3.8) is 0 Å². The Morgan fingerprint density at radius 1 is 1.00 bits per heavy atom. The molecule has 0 aliphatic carbocycles. The van der Waals surface area contributed by atoms with E-state index < -0.39 is 11.6 Å². The van der Waals surface area contributed by atoms with Gasteiger partial charge >= 0.3 is 0 Å². The van der Waals surface area contributed by atoms with Gasteiger partial charge in [0, 0.05) is 74.9 Å². The van der Waals surface area contributed by atoms with Gasteiger partial charge < -0.3 is 31.5 Å². The lowest BCUT2D eigenvalue weighted by Crippen LogP contribution is -2.48. The van der Waals surface area contributed by atoms with Gasteiger partial charge in [0.25, 0.3) is 0 Å². The molecule has 290 valence electrons. The minimum Gasteiger partial charge on any atom is -0.508 e. The number of aromatic hydroxyl groups is 2. The molecule has 2 aliphatic heterocycles. The summed E-state index contributed by atoms with van der Waals surface area (Å²) in [6.45, 7) is 12.6. The van der Waals surface area contributed by atoms with Crippen molar-refractivity contribution < 1.29 is 15.0 Å². The van der Waals surface area contributed by atoms with Crippen LogP contribution in [0.25, 0.3) is 0 Å². The van der Waals surface area contributed by atoms with Crippen LogP contribution in [0.1, 0.15) is 63.1 Å². The summed E-state index contributed by atoms with van der Waals surface area (Å²) in [6, 6.07) is 16.1. The molecule has 13 nitrogen and oxygen atoms in total. The van der Waals surface area contributed by atoms with E-state index in [2.05, 4.69) is 31.6 Å². The molecule has 0 amide bonds. The maximum atomic E-state index is 12.4. The van der Waals surface area contributed by atoms with E-state index in [1.807, 2.05) is 44.2 Å². The fourth-order valence-corrected chi connectivity index (χ4v) is 8.00. The third-order valence-electron chi connectivity index (χ3n) is 10.2. The van der Waals surface area contributed by atoms with Gasteiger partial charge in [-0.1, -0.05) is 55.4 Å². The van der Waals surface area contributed by atoms with Crippen LogP contribution in [0.4, 0.5) is 23.0 Å². The number of carbonyl (C=O) groups excluding carboxylic acids is 1. The first-order valence-corrected chi connectivity index (χ1v) is 19.5. The second kappa shape index (κ2) is 16.5. The van der Waals surface area contributed by atoms with E-state index in [4.69, 9.17) is 33.9 Å². The predicted molar refractivity (Wildman–Crippen MR) is 222 cm³/mol. The van der Waals surface area contributed by atoms with Crippen LogP contribution < -0.4 is 26.2 Å². The number of nitrogens with zero attached hydrogens (tertiary/aromatic N) is 6. The normalized spacial score (nSPS) is 16.0. The van der Waals surface area contributed by atoms with E-state index in [1.165, 1.54) is 35.7 Å². The third kappa shape index (κ3) is 8.99. The molecule has 3 aromatic carbocycles. The highest BCUT2D eigenvalue weighted by atomic mass is 35.5. The molecule has 0 bridgehead atoms. The minimum absolute atomic E-state index is 0.0751. The predicted octanol–water partition coefficient (Wildman–Crippen LogP) is 6.44. The Kier molecular flexibility index (Phi) is 11.9. The number of Topliss-reactive ketones (excluding diaryl/α,β-unsaturated/α-hetero) is 1. The van der Waals surface area contributed by atoms with Crippen molar-refractivity contribution in [1.82, 2.24) is 14.9 Å². The number of hydrogen-bond donors (Lipinski definition) is 6. The smallest absolute Gasteiger partial charge is 0.195 e. The van der Waals surface area contributed by atoms with Crippen molar-refractivity contribution in [3.05, 3.63) is 82.5 Å². The molecule has 3 heterocycles. The minimum atomic E-state index is -0.529. The molecule has 0 radical (unpaired) electrons. The Hall–Kier alpha value is -4.89. The molecule has 0 atom stereocenters. The van der Waals surface area contributed by atoms with Crippen molar-refractivity contribution in [1.29, 1.82) is 10.8 Å². The molecular formula is C40H49ClN10O3S. The molecule has 2 saturated heterocycles. The molecule has 8 N–H and O–H groups in total. The van der Waals surface area contributed by atoms with E-state index in [-0.39, 0.29) is 34.4 Å². The zero-order chi connectivity index (χ0) is 39.6. The van der Waals surface area contributed by atoms with Gasteiger partial charge in [-0.3, -0.25) is 25.4 Å². The molecule has 6 rings (SSSR count). The van der Waals surface area contributed by atoms with Gasteiger partial charge in [-0.05, 0) is 67.1 Å². The Morgan fingerprint density at radius 3 is 2.29 bits per heavy atom. The van der Waals surface area contributed by atoms with Crippen molar-refractivity contribution in [2.24, 2.45) is 5.73 Å². The standard InChI is InChI=1S/C40H49ClN10O3S/c1-24(2)28-20-29(32(54)21-31(28)53)38(44)51(37(43)25(3)52)27-10-8-26(9-11-27)23-48-16-18-49(19-17-48)30-6-5-7-33(35(30)41)55-39-36(42)47-34(22-46-39)50-14-12-40(4,45)13-15-50/h5-11,20-22,24,43-44,53-54H,12-19,23,45H2,1-4H3,(H2,42,47). The number of halogens is 1. The summed E-state index contributed by atoms with van der Waals surface area (Å²) < 4.78 is 0. The quantitative estimate of drug-likeness (QED) is 0.0763. The van der Waals surface area contributed by atoms with Crippen molar-refractivity contribution >= 4 is 63.8 Å². The molecule has 0 saturated carbocycles. The number of phenols is 2. The lowest BCUT2D eigenvalue weighted by Gasteiger charge is -2.37. The maximum Gasteiger partial charge on any atom is 0.195 e. The number of amidine groups is 2. The van der Waals surface area contributed by atoms with E-state index >= 15 is 0 Å². The number of nitrogen functional groups attached to an aromatic ring is 1. The number of phenolic OH excluding ortho intramolecular Hbond substituents is 2. The zero-order valence-corrected chi connectivity index (χ0v) is 33.2. The summed E-state index contributed by atoms with van der Waals surface area (Å²) >= 11 is 8.41. The molecule has 0 unspecified atom stereocenters. The van der Waals surface area contributed by atoms with Crippen LogP contribution in [0.15, 0.2) is 70.7 Å². The van der Waals surface area contributed by atoms with Crippen LogP contribution in [0.5, 0.6) is 11.5 Å². The van der Waals surface area contributed by atoms with Gasteiger partial charge in [0.2, 0.25) is 0 Å². The van der Waals surface area contributed by atoms with E-state index in [0.29, 0.717) is 33.7 Å². The number of piperidine rings is 1.